The van der Waals surface area contributed by atoms with E-state index in [0.717, 1.165) is 19.0 Å². The second kappa shape index (κ2) is 5.73. The fourth-order valence-electron chi connectivity index (χ4n) is 1.79. The van der Waals surface area contributed by atoms with Crippen LogP contribution in [0.3, 0.4) is 0 Å². The number of ether oxygens (including phenoxy) is 1. The minimum Gasteiger partial charge on any atom is -0.496 e. The van der Waals surface area contributed by atoms with Crippen LogP contribution >= 0.6 is 0 Å². The lowest BCUT2D eigenvalue weighted by Gasteiger charge is -2.13. The van der Waals surface area contributed by atoms with Gasteiger partial charge in [0.15, 0.2) is 0 Å². The quantitative estimate of drug-likeness (QED) is 0.569. The topological polar surface area (TPSA) is 33.3 Å². The van der Waals surface area contributed by atoms with Crippen LogP contribution < -0.4 is 15.4 Å². The zero-order chi connectivity index (χ0) is 11.3. The highest BCUT2D eigenvalue weighted by Gasteiger charge is 2.06. The number of hydrogen-bond donors (Lipinski definition) is 2. The molecule has 0 unspecified atom stereocenters. The fraction of sp³-hybridized carbons (Fsp3) is 0.500. The number of hydrogen-bond acceptors (Lipinski definition) is 3. The van der Waals surface area contributed by atoms with Crippen molar-refractivity contribution in [1.82, 2.24) is 10.6 Å². The van der Waals surface area contributed by atoms with Crippen molar-refractivity contribution in [3.63, 3.8) is 0 Å². The third kappa shape index (κ3) is 3.22. The summed E-state index contributed by atoms with van der Waals surface area (Å²) in [6.07, 6.45) is 0. The lowest BCUT2D eigenvalue weighted by molar-refractivity contribution is 0.404. The zero-order valence-electron chi connectivity index (χ0n) is 9.98. The van der Waals surface area contributed by atoms with E-state index in [1.54, 1.807) is 7.11 Å². The highest BCUT2D eigenvalue weighted by molar-refractivity contribution is 5.43. The predicted octanol–water partition coefficient (Wildman–Crippen LogP) is 1.58. The van der Waals surface area contributed by atoms with E-state index in [2.05, 4.69) is 36.6 Å². The van der Waals surface area contributed by atoms with Crippen LogP contribution in [0.2, 0.25) is 0 Å². The summed E-state index contributed by atoms with van der Waals surface area (Å²) in [4.78, 5) is 0. The molecule has 0 saturated carbocycles. The summed E-state index contributed by atoms with van der Waals surface area (Å²) in [5.74, 6) is 0.990. The van der Waals surface area contributed by atoms with E-state index in [0.29, 0.717) is 0 Å². The van der Waals surface area contributed by atoms with Gasteiger partial charge in [-0.15, -0.1) is 0 Å². The molecule has 0 saturated heterocycles. The number of rotatable bonds is 5. The number of benzene rings is 1. The van der Waals surface area contributed by atoms with Crippen LogP contribution in [0.4, 0.5) is 0 Å². The highest BCUT2D eigenvalue weighted by Crippen LogP contribution is 2.24. The van der Waals surface area contributed by atoms with Crippen molar-refractivity contribution < 1.29 is 4.74 Å². The van der Waals surface area contributed by atoms with E-state index in [1.807, 2.05) is 7.05 Å². The van der Waals surface area contributed by atoms with Gasteiger partial charge in [0, 0.05) is 18.8 Å². The first-order valence-corrected chi connectivity index (χ1v) is 5.18. The van der Waals surface area contributed by atoms with Gasteiger partial charge in [0.25, 0.3) is 0 Å². The first kappa shape index (κ1) is 12.0. The Balaban J connectivity index is 2.84. The predicted molar refractivity (Wildman–Crippen MR) is 63.2 cm³/mol. The van der Waals surface area contributed by atoms with E-state index >= 15 is 0 Å². The molecule has 0 aliphatic carbocycles. The van der Waals surface area contributed by atoms with Gasteiger partial charge < -0.3 is 15.4 Å². The Morgan fingerprint density at radius 1 is 1.27 bits per heavy atom. The van der Waals surface area contributed by atoms with Crippen molar-refractivity contribution in [3.05, 3.63) is 28.8 Å². The third-order valence-electron chi connectivity index (χ3n) is 2.32. The van der Waals surface area contributed by atoms with Gasteiger partial charge in [-0.1, -0.05) is 17.7 Å². The molecule has 2 N–H and O–H groups in total. The Bertz CT molecular complexity index is 324. The van der Waals surface area contributed by atoms with Gasteiger partial charge >= 0.3 is 0 Å². The smallest absolute Gasteiger partial charge is 0.126 e. The van der Waals surface area contributed by atoms with Gasteiger partial charge in [-0.3, -0.25) is 0 Å². The van der Waals surface area contributed by atoms with Crippen molar-refractivity contribution >= 4 is 0 Å². The Morgan fingerprint density at radius 3 is 2.60 bits per heavy atom. The van der Waals surface area contributed by atoms with E-state index in [9.17, 15) is 0 Å². The molecule has 1 rings (SSSR count). The van der Waals surface area contributed by atoms with Crippen molar-refractivity contribution in [2.24, 2.45) is 0 Å². The molecule has 3 nitrogen and oxygen atoms in total. The van der Waals surface area contributed by atoms with Crippen molar-refractivity contribution in [3.8, 4) is 5.75 Å². The lowest BCUT2D eigenvalue weighted by atomic mass is 10.1. The minimum atomic E-state index is 0.802. The van der Waals surface area contributed by atoms with Crippen LogP contribution in [-0.2, 0) is 6.54 Å². The van der Waals surface area contributed by atoms with Crippen LogP contribution in [0.1, 0.15) is 16.7 Å². The molecule has 0 amide bonds. The average molecular weight is 208 g/mol. The van der Waals surface area contributed by atoms with E-state index in [-0.39, 0.29) is 0 Å². The third-order valence-corrected chi connectivity index (χ3v) is 2.32. The summed E-state index contributed by atoms with van der Waals surface area (Å²) in [6, 6.07) is 4.30. The van der Waals surface area contributed by atoms with Crippen LogP contribution in [0.15, 0.2) is 12.1 Å². The van der Waals surface area contributed by atoms with Gasteiger partial charge in [-0.25, -0.2) is 0 Å². The van der Waals surface area contributed by atoms with Crippen LogP contribution in [-0.4, -0.2) is 20.8 Å². The standard InChI is InChI=1S/C12H20N2O/c1-9-5-10(2)12(15-4)11(6-9)7-14-8-13-3/h5-6,13-14H,7-8H2,1-4H3. The van der Waals surface area contributed by atoms with E-state index in [4.69, 9.17) is 4.74 Å². The Kier molecular flexibility index (Phi) is 4.59. The van der Waals surface area contributed by atoms with Gasteiger partial charge in [-0.05, 0) is 26.5 Å². The number of nitrogens with one attached hydrogen (secondary N) is 2. The molecule has 0 atom stereocenters. The number of methoxy groups -OCH3 is 1. The van der Waals surface area contributed by atoms with Crippen LogP contribution in [0.25, 0.3) is 0 Å². The Hall–Kier alpha value is -1.06. The highest BCUT2D eigenvalue weighted by atomic mass is 16.5. The van der Waals surface area contributed by atoms with Crippen molar-refractivity contribution in [2.45, 2.75) is 20.4 Å². The molecule has 3 heteroatoms. The Morgan fingerprint density at radius 2 is 2.00 bits per heavy atom. The molecule has 0 aliphatic rings. The largest absolute Gasteiger partial charge is 0.496 e. The zero-order valence-corrected chi connectivity index (χ0v) is 9.98. The first-order chi connectivity index (χ1) is 7.19. The second-order valence-electron chi connectivity index (χ2n) is 3.73. The maximum Gasteiger partial charge on any atom is 0.126 e. The molecule has 0 aromatic heterocycles. The molecule has 0 fully saturated rings. The summed E-state index contributed by atoms with van der Waals surface area (Å²) in [7, 11) is 3.64. The Labute approximate surface area is 91.8 Å². The lowest BCUT2D eigenvalue weighted by Crippen LogP contribution is -2.25. The minimum absolute atomic E-state index is 0.802. The maximum absolute atomic E-state index is 5.40. The van der Waals surface area contributed by atoms with Crippen LogP contribution in [0.5, 0.6) is 5.75 Å². The molecule has 84 valence electrons. The van der Waals surface area contributed by atoms with Crippen molar-refractivity contribution in [1.29, 1.82) is 0 Å². The molecule has 0 bridgehead atoms. The summed E-state index contributed by atoms with van der Waals surface area (Å²) >= 11 is 0. The van der Waals surface area contributed by atoms with Crippen molar-refractivity contribution in [2.75, 3.05) is 20.8 Å². The van der Waals surface area contributed by atoms with Gasteiger partial charge in [0.2, 0.25) is 0 Å². The molecule has 15 heavy (non-hydrogen) atoms. The molecular weight excluding hydrogens is 188 g/mol. The van der Waals surface area contributed by atoms with Crippen LogP contribution in [0, 0.1) is 13.8 Å². The summed E-state index contributed by atoms with van der Waals surface area (Å²) in [6.45, 7) is 5.81. The summed E-state index contributed by atoms with van der Waals surface area (Å²) in [5, 5.41) is 6.34. The van der Waals surface area contributed by atoms with Gasteiger partial charge in [0.05, 0.1) is 7.11 Å². The van der Waals surface area contributed by atoms with Gasteiger partial charge in [-0.2, -0.15) is 0 Å². The molecule has 1 aromatic rings. The normalized spacial score (nSPS) is 10.4. The van der Waals surface area contributed by atoms with E-state index < -0.39 is 0 Å². The molecular formula is C12H20N2O. The molecule has 0 radical (unpaired) electrons. The average Bonchev–Trinajstić information content (AvgIpc) is 2.17. The maximum atomic E-state index is 5.40. The molecule has 0 aliphatic heterocycles. The van der Waals surface area contributed by atoms with E-state index in [1.165, 1.54) is 16.7 Å². The molecule has 0 heterocycles. The monoisotopic (exact) mass is 208 g/mol. The number of aryl methyl sites for hydroxylation is 2. The first-order valence-electron chi connectivity index (χ1n) is 5.18. The molecule has 0 spiro atoms. The summed E-state index contributed by atoms with van der Waals surface area (Å²) < 4.78 is 5.40. The molecule has 1 aromatic carbocycles. The second-order valence-corrected chi connectivity index (χ2v) is 3.73. The van der Waals surface area contributed by atoms with Gasteiger partial charge in [0.1, 0.15) is 5.75 Å². The SMILES string of the molecule is CNCNCc1cc(C)cc(C)c1OC. The fourth-order valence-corrected chi connectivity index (χ4v) is 1.79. The summed E-state index contributed by atoms with van der Waals surface area (Å²) in [5.41, 5.74) is 3.68.